The molecule has 2 aromatic carbocycles. The van der Waals surface area contributed by atoms with E-state index in [2.05, 4.69) is 0 Å². The summed E-state index contributed by atoms with van der Waals surface area (Å²) in [5.74, 6) is 0.635. The van der Waals surface area contributed by atoms with Gasteiger partial charge in [-0.3, -0.25) is 4.79 Å². The van der Waals surface area contributed by atoms with Crippen molar-refractivity contribution in [1.82, 2.24) is 0 Å². The van der Waals surface area contributed by atoms with Gasteiger partial charge in [0.25, 0.3) is 5.91 Å². The van der Waals surface area contributed by atoms with Crippen LogP contribution in [0.15, 0.2) is 30.3 Å². The van der Waals surface area contributed by atoms with Gasteiger partial charge in [-0.1, -0.05) is 6.07 Å². The summed E-state index contributed by atoms with van der Waals surface area (Å²) < 4.78 is 26.5. The van der Waals surface area contributed by atoms with Crippen LogP contribution < -0.4 is 23.8 Å². The number of nitrogens with zero attached hydrogens (tertiary/aromatic N) is 1. The predicted molar refractivity (Wildman–Crippen MR) is 105 cm³/mol. The molecule has 2 aromatic rings. The van der Waals surface area contributed by atoms with Gasteiger partial charge in [0, 0.05) is 0 Å². The van der Waals surface area contributed by atoms with Crippen LogP contribution in [0.5, 0.6) is 23.0 Å². The molecule has 29 heavy (non-hydrogen) atoms. The maximum Gasteiger partial charge on any atom is 0.338 e. The van der Waals surface area contributed by atoms with Crippen LogP contribution in [-0.2, 0) is 9.53 Å². The predicted octanol–water partition coefficient (Wildman–Crippen LogP) is 2.60. The lowest BCUT2D eigenvalue weighted by Crippen LogP contribution is -2.40. The highest BCUT2D eigenvalue weighted by Gasteiger charge is 2.25. The Bertz CT molecular complexity index is 900. The van der Waals surface area contributed by atoms with Crippen LogP contribution in [0.1, 0.15) is 15.9 Å². The minimum atomic E-state index is -0.671. The Morgan fingerprint density at radius 1 is 1.03 bits per heavy atom. The smallest absolute Gasteiger partial charge is 0.338 e. The van der Waals surface area contributed by atoms with Gasteiger partial charge in [0.2, 0.25) is 5.75 Å². The Balaban J connectivity index is 1.73. The van der Waals surface area contributed by atoms with E-state index >= 15 is 0 Å². The monoisotopic (exact) mass is 401 g/mol. The summed E-state index contributed by atoms with van der Waals surface area (Å²) in [5, 5.41) is 0. The number of aryl methyl sites for hydroxylation is 1. The number of ether oxygens (including phenoxy) is 5. The number of benzene rings is 2. The molecule has 0 N–H and O–H groups in total. The van der Waals surface area contributed by atoms with Gasteiger partial charge in [-0.05, 0) is 36.8 Å². The molecule has 0 aromatic heterocycles. The molecule has 0 unspecified atom stereocenters. The topological polar surface area (TPSA) is 83.5 Å². The summed E-state index contributed by atoms with van der Waals surface area (Å²) in [5.41, 5.74) is 1.86. The van der Waals surface area contributed by atoms with Crippen molar-refractivity contribution in [3.63, 3.8) is 0 Å². The highest BCUT2D eigenvalue weighted by molar-refractivity contribution is 5.98. The molecule has 1 amide bonds. The number of anilines is 1. The van der Waals surface area contributed by atoms with Crippen molar-refractivity contribution in [2.75, 3.05) is 46.0 Å². The Morgan fingerprint density at radius 3 is 2.34 bits per heavy atom. The van der Waals surface area contributed by atoms with Crippen molar-refractivity contribution < 1.29 is 33.3 Å². The molecule has 8 heteroatoms. The van der Waals surface area contributed by atoms with Gasteiger partial charge < -0.3 is 28.6 Å². The molecule has 1 heterocycles. The fourth-order valence-electron chi connectivity index (χ4n) is 3.07. The molecule has 0 saturated carbocycles. The van der Waals surface area contributed by atoms with Gasteiger partial charge in [-0.15, -0.1) is 0 Å². The second-order valence-electron chi connectivity index (χ2n) is 6.36. The van der Waals surface area contributed by atoms with Crippen molar-refractivity contribution in [3.8, 4) is 23.0 Å². The number of hydrogen-bond donors (Lipinski definition) is 0. The lowest BCUT2D eigenvalue weighted by Gasteiger charge is -2.29. The number of fused-ring (bicyclic) bond motifs is 1. The van der Waals surface area contributed by atoms with Gasteiger partial charge in [-0.2, -0.15) is 0 Å². The van der Waals surface area contributed by atoms with Crippen LogP contribution in [-0.4, -0.2) is 53.0 Å². The van der Waals surface area contributed by atoms with Crippen LogP contribution >= 0.6 is 0 Å². The molecule has 0 radical (unpaired) electrons. The average Bonchev–Trinajstić information content (AvgIpc) is 2.75. The number of esters is 1. The molecule has 0 atom stereocenters. The van der Waals surface area contributed by atoms with Crippen LogP contribution in [0.3, 0.4) is 0 Å². The number of carbonyl (C=O) groups excluding carboxylic acids is 2. The zero-order valence-electron chi connectivity index (χ0n) is 16.8. The molecule has 0 bridgehead atoms. The van der Waals surface area contributed by atoms with Crippen LogP contribution in [0.4, 0.5) is 5.69 Å². The van der Waals surface area contributed by atoms with Gasteiger partial charge in [-0.25, -0.2) is 4.79 Å². The van der Waals surface area contributed by atoms with E-state index < -0.39 is 12.6 Å². The molecular formula is C21H23NO7. The number of hydrogen-bond acceptors (Lipinski definition) is 7. The summed E-state index contributed by atoms with van der Waals surface area (Å²) >= 11 is 0. The Hall–Kier alpha value is -3.42. The molecule has 8 nitrogen and oxygen atoms in total. The molecule has 1 aliphatic heterocycles. The molecular weight excluding hydrogens is 378 g/mol. The molecule has 0 aliphatic carbocycles. The summed E-state index contributed by atoms with van der Waals surface area (Å²) in [7, 11) is 4.38. The molecule has 154 valence electrons. The number of methoxy groups -OCH3 is 3. The summed E-state index contributed by atoms with van der Waals surface area (Å²) in [4.78, 5) is 26.7. The first-order valence-electron chi connectivity index (χ1n) is 8.99. The standard InChI is InChI=1S/C21H23NO7/c1-13-5-6-16-15(9-13)22(7-8-28-16)19(23)12-29-21(24)14-10-17(25-2)20(27-4)18(11-14)26-3/h5-6,9-11H,7-8,12H2,1-4H3. The van der Waals surface area contributed by atoms with E-state index in [0.29, 0.717) is 41.8 Å². The number of rotatable bonds is 6. The van der Waals surface area contributed by atoms with E-state index in [4.69, 9.17) is 23.7 Å². The van der Waals surface area contributed by atoms with E-state index in [9.17, 15) is 9.59 Å². The first-order valence-corrected chi connectivity index (χ1v) is 8.99. The molecule has 3 rings (SSSR count). The minimum Gasteiger partial charge on any atom is -0.493 e. The van der Waals surface area contributed by atoms with Gasteiger partial charge in [0.15, 0.2) is 18.1 Å². The maximum absolute atomic E-state index is 12.7. The van der Waals surface area contributed by atoms with E-state index in [1.54, 1.807) is 4.90 Å². The van der Waals surface area contributed by atoms with E-state index in [1.165, 1.54) is 33.5 Å². The Kier molecular flexibility index (Phi) is 6.11. The van der Waals surface area contributed by atoms with E-state index in [0.717, 1.165) is 5.56 Å². The average molecular weight is 401 g/mol. The molecule has 0 spiro atoms. The van der Waals surface area contributed by atoms with Crippen molar-refractivity contribution >= 4 is 17.6 Å². The quantitative estimate of drug-likeness (QED) is 0.688. The van der Waals surface area contributed by atoms with Crippen LogP contribution in [0.25, 0.3) is 0 Å². The van der Waals surface area contributed by atoms with Gasteiger partial charge >= 0.3 is 5.97 Å². The maximum atomic E-state index is 12.7. The lowest BCUT2D eigenvalue weighted by molar-refractivity contribution is -0.121. The van der Waals surface area contributed by atoms with Crippen LogP contribution in [0.2, 0.25) is 0 Å². The zero-order chi connectivity index (χ0) is 21.0. The highest BCUT2D eigenvalue weighted by atomic mass is 16.5. The first kappa shape index (κ1) is 20.3. The van der Waals surface area contributed by atoms with Crippen molar-refractivity contribution in [3.05, 3.63) is 41.5 Å². The highest BCUT2D eigenvalue weighted by Crippen LogP contribution is 2.38. The largest absolute Gasteiger partial charge is 0.493 e. The van der Waals surface area contributed by atoms with E-state index in [-0.39, 0.29) is 11.5 Å². The zero-order valence-corrected chi connectivity index (χ0v) is 16.8. The second-order valence-corrected chi connectivity index (χ2v) is 6.36. The number of carbonyl (C=O) groups is 2. The van der Waals surface area contributed by atoms with Gasteiger partial charge in [0.1, 0.15) is 12.4 Å². The summed E-state index contributed by atoms with van der Waals surface area (Å²) in [6.45, 7) is 2.30. The Labute approximate surface area is 168 Å². The third-order valence-corrected chi connectivity index (χ3v) is 4.51. The second kappa shape index (κ2) is 8.72. The van der Waals surface area contributed by atoms with E-state index in [1.807, 2.05) is 25.1 Å². The van der Waals surface area contributed by atoms with Crippen molar-refractivity contribution in [1.29, 1.82) is 0 Å². The minimum absolute atomic E-state index is 0.186. The van der Waals surface area contributed by atoms with Crippen LogP contribution in [0, 0.1) is 6.92 Å². The lowest BCUT2D eigenvalue weighted by atomic mass is 10.1. The SMILES string of the molecule is COc1cc(C(=O)OCC(=O)N2CCOc3ccc(C)cc32)cc(OC)c1OC. The van der Waals surface area contributed by atoms with Gasteiger partial charge in [0.05, 0.1) is 39.1 Å². The number of amides is 1. The molecule has 0 saturated heterocycles. The van der Waals surface area contributed by atoms with Crippen molar-refractivity contribution in [2.24, 2.45) is 0 Å². The summed E-state index contributed by atoms with van der Waals surface area (Å²) in [6.07, 6.45) is 0. The molecule has 1 aliphatic rings. The first-order chi connectivity index (χ1) is 14.0. The third-order valence-electron chi connectivity index (χ3n) is 4.51. The fourth-order valence-corrected chi connectivity index (χ4v) is 3.07. The molecule has 0 fully saturated rings. The summed E-state index contributed by atoms with van der Waals surface area (Å²) in [6, 6.07) is 8.56. The normalized spacial score (nSPS) is 12.5. The third kappa shape index (κ3) is 4.21. The Morgan fingerprint density at radius 2 is 1.72 bits per heavy atom. The van der Waals surface area contributed by atoms with Crippen molar-refractivity contribution in [2.45, 2.75) is 6.92 Å². The fraction of sp³-hybridized carbons (Fsp3) is 0.333.